The third kappa shape index (κ3) is 5.72. The van der Waals surface area contributed by atoms with Crippen LogP contribution in [0.2, 0.25) is 0 Å². The van der Waals surface area contributed by atoms with Gasteiger partial charge in [0.15, 0.2) is 6.29 Å². The lowest BCUT2D eigenvalue weighted by Crippen LogP contribution is -2.43. The van der Waals surface area contributed by atoms with Crippen LogP contribution < -0.4 is 10.1 Å². The van der Waals surface area contributed by atoms with Crippen LogP contribution in [-0.4, -0.2) is 39.1 Å². The number of rotatable bonds is 8. The smallest absolute Gasteiger partial charge is 0.223 e. The highest BCUT2D eigenvalue weighted by Crippen LogP contribution is 2.08. The second-order valence-corrected chi connectivity index (χ2v) is 4.11. The highest BCUT2D eigenvalue weighted by atomic mass is 16.7. The lowest BCUT2D eigenvalue weighted by atomic mass is 10.3. The van der Waals surface area contributed by atoms with Gasteiger partial charge in [-0.2, -0.15) is 0 Å². The molecule has 1 aromatic rings. The van der Waals surface area contributed by atoms with Crippen molar-refractivity contribution in [2.45, 2.75) is 25.7 Å². The van der Waals surface area contributed by atoms with Gasteiger partial charge < -0.3 is 19.5 Å². The van der Waals surface area contributed by atoms with Gasteiger partial charge in [-0.15, -0.1) is 0 Å². The van der Waals surface area contributed by atoms with E-state index in [9.17, 15) is 4.79 Å². The second-order valence-electron chi connectivity index (χ2n) is 4.11. The number of ether oxygens (including phenoxy) is 3. The Labute approximate surface area is 113 Å². The first-order valence-electron chi connectivity index (χ1n) is 6.20. The molecule has 1 amide bonds. The molecule has 0 fully saturated rings. The molecule has 1 N–H and O–H groups in total. The molecule has 5 nitrogen and oxygen atoms in total. The average molecular weight is 267 g/mol. The van der Waals surface area contributed by atoms with Gasteiger partial charge in [0, 0.05) is 14.2 Å². The van der Waals surface area contributed by atoms with E-state index >= 15 is 0 Å². The Bertz CT molecular complexity index is 365. The zero-order valence-electron chi connectivity index (χ0n) is 11.6. The Kier molecular flexibility index (Phi) is 6.92. The Morgan fingerprint density at radius 1 is 1.21 bits per heavy atom. The van der Waals surface area contributed by atoms with Gasteiger partial charge >= 0.3 is 0 Å². The maximum atomic E-state index is 11.7. The molecule has 0 radical (unpaired) electrons. The fourth-order valence-electron chi connectivity index (χ4n) is 1.68. The van der Waals surface area contributed by atoms with Crippen molar-refractivity contribution in [1.29, 1.82) is 0 Å². The number of amides is 1. The van der Waals surface area contributed by atoms with Crippen molar-refractivity contribution in [3.63, 3.8) is 0 Å². The second kappa shape index (κ2) is 8.50. The molecule has 0 aliphatic rings. The molecule has 0 aliphatic carbocycles. The molecule has 19 heavy (non-hydrogen) atoms. The predicted molar refractivity (Wildman–Crippen MR) is 72.0 cm³/mol. The number of hydrogen-bond acceptors (Lipinski definition) is 4. The first kappa shape index (κ1) is 15.5. The molecule has 0 aliphatic heterocycles. The van der Waals surface area contributed by atoms with Crippen molar-refractivity contribution < 1.29 is 19.0 Å². The standard InChI is InChI=1S/C14H21NO4/c1-11(14(17-2)18-3)15-13(16)9-10-19-12-7-5-4-6-8-12/h4-8,11,14H,9-10H2,1-3H3,(H,15,16). The zero-order valence-corrected chi connectivity index (χ0v) is 11.6. The molecule has 0 bridgehead atoms. The summed E-state index contributed by atoms with van der Waals surface area (Å²) in [7, 11) is 3.07. The van der Waals surface area contributed by atoms with Gasteiger partial charge in [0.25, 0.3) is 0 Å². The van der Waals surface area contributed by atoms with Crippen molar-refractivity contribution in [3.05, 3.63) is 30.3 Å². The van der Waals surface area contributed by atoms with Crippen LogP contribution in [0.5, 0.6) is 5.75 Å². The lowest BCUT2D eigenvalue weighted by molar-refractivity contribution is -0.136. The van der Waals surface area contributed by atoms with Gasteiger partial charge in [0.05, 0.1) is 19.1 Å². The van der Waals surface area contributed by atoms with Crippen molar-refractivity contribution in [1.82, 2.24) is 5.32 Å². The van der Waals surface area contributed by atoms with Gasteiger partial charge in [0.2, 0.25) is 5.91 Å². The summed E-state index contributed by atoms with van der Waals surface area (Å²) in [6.07, 6.45) is -0.154. The first-order valence-corrected chi connectivity index (χ1v) is 6.20. The highest BCUT2D eigenvalue weighted by Gasteiger charge is 2.17. The molecule has 5 heteroatoms. The van der Waals surface area contributed by atoms with Gasteiger partial charge in [-0.05, 0) is 19.1 Å². The van der Waals surface area contributed by atoms with Gasteiger partial charge in [0.1, 0.15) is 5.75 Å². The quantitative estimate of drug-likeness (QED) is 0.727. The number of para-hydroxylation sites is 1. The highest BCUT2D eigenvalue weighted by molar-refractivity contribution is 5.76. The number of carbonyl (C=O) groups excluding carboxylic acids is 1. The fourth-order valence-corrected chi connectivity index (χ4v) is 1.68. The third-order valence-electron chi connectivity index (χ3n) is 2.60. The summed E-state index contributed by atoms with van der Waals surface area (Å²) < 4.78 is 15.6. The number of methoxy groups -OCH3 is 2. The summed E-state index contributed by atoms with van der Waals surface area (Å²) in [5.74, 6) is 0.664. The minimum atomic E-state index is -0.445. The van der Waals surface area contributed by atoms with Crippen LogP contribution in [0.25, 0.3) is 0 Å². The zero-order chi connectivity index (χ0) is 14.1. The monoisotopic (exact) mass is 267 g/mol. The molecule has 1 unspecified atom stereocenters. The van der Waals surface area contributed by atoms with Crippen LogP contribution in [0.3, 0.4) is 0 Å². The Balaban J connectivity index is 2.24. The van der Waals surface area contributed by atoms with Crippen LogP contribution in [0.1, 0.15) is 13.3 Å². The average Bonchev–Trinajstić information content (AvgIpc) is 2.41. The van der Waals surface area contributed by atoms with E-state index in [1.54, 1.807) is 0 Å². The molecule has 1 aromatic carbocycles. The van der Waals surface area contributed by atoms with Gasteiger partial charge in [-0.25, -0.2) is 0 Å². The normalized spacial score (nSPS) is 12.2. The fraction of sp³-hybridized carbons (Fsp3) is 0.500. The summed E-state index contributed by atoms with van der Waals surface area (Å²) in [6.45, 7) is 2.17. The molecule has 0 saturated heterocycles. The van der Waals surface area contributed by atoms with Crippen LogP contribution >= 0.6 is 0 Å². The molecule has 106 valence electrons. The Hall–Kier alpha value is -1.59. The first-order chi connectivity index (χ1) is 9.17. The molecular formula is C14H21NO4. The SMILES string of the molecule is COC(OC)C(C)NC(=O)CCOc1ccccc1. The molecule has 0 saturated carbocycles. The van der Waals surface area contributed by atoms with Crippen molar-refractivity contribution in [2.75, 3.05) is 20.8 Å². The molecule has 1 rings (SSSR count). The summed E-state index contributed by atoms with van der Waals surface area (Å²) in [5, 5.41) is 2.80. The maximum absolute atomic E-state index is 11.7. The van der Waals surface area contributed by atoms with E-state index in [0.717, 1.165) is 5.75 Å². The number of carbonyl (C=O) groups is 1. The predicted octanol–water partition coefficient (Wildman–Crippen LogP) is 1.58. The van der Waals surface area contributed by atoms with E-state index in [0.29, 0.717) is 13.0 Å². The summed E-state index contributed by atoms with van der Waals surface area (Å²) in [5.41, 5.74) is 0. The summed E-state index contributed by atoms with van der Waals surface area (Å²) >= 11 is 0. The molecule has 0 aromatic heterocycles. The minimum Gasteiger partial charge on any atom is -0.493 e. The minimum absolute atomic E-state index is 0.0949. The molecule has 1 atom stereocenters. The van der Waals surface area contributed by atoms with E-state index in [1.165, 1.54) is 14.2 Å². The maximum Gasteiger partial charge on any atom is 0.223 e. The van der Waals surface area contributed by atoms with Crippen LogP contribution in [0.15, 0.2) is 30.3 Å². The van der Waals surface area contributed by atoms with Gasteiger partial charge in [-0.3, -0.25) is 4.79 Å². The number of nitrogens with one attached hydrogen (secondary N) is 1. The number of benzene rings is 1. The Morgan fingerprint density at radius 2 is 1.84 bits per heavy atom. The Morgan fingerprint density at radius 3 is 2.42 bits per heavy atom. The van der Waals surface area contributed by atoms with Crippen LogP contribution in [0, 0.1) is 0 Å². The molecular weight excluding hydrogens is 246 g/mol. The van der Waals surface area contributed by atoms with E-state index in [1.807, 2.05) is 37.3 Å². The summed E-state index contributed by atoms with van der Waals surface area (Å²) in [6, 6.07) is 9.19. The lowest BCUT2D eigenvalue weighted by Gasteiger charge is -2.22. The number of hydrogen-bond donors (Lipinski definition) is 1. The largest absolute Gasteiger partial charge is 0.493 e. The van der Waals surface area contributed by atoms with Crippen molar-refractivity contribution in [2.24, 2.45) is 0 Å². The van der Waals surface area contributed by atoms with E-state index in [4.69, 9.17) is 14.2 Å². The summed E-state index contributed by atoms with van der Waals surface area (Å²) in [4.78, 5) is 11.7. The van der Waals surface area contributed by atoms with Crippen LogP contribution in [0.4, 0.5) is 0 Å². The third-order valence-corrected chi connectivity index (χ3v) is 2.60. The molecule has 0 spiro atoms. The van der Waals surface area contributed by atoms with E-state index in [2.05, 4.69) is 5.32 Å². The van der Waals surface area contributed by atoms with E-state index < -0.39 is 6.29 Å². The molecule has 0 heterocycles. The van der Waals surface area contributed by atoms with Crippen LogP contribution in [-0.2, 0) is 14.3 Å². The van der Waals surface area contributed by atoms with Crippen molar-refractivity contribution in [3.8, 4) is 5.75 Å². The van der Waals surface area contributed by atoms with E-state index in [-0.39, 0.29) is 11.9 Å². The topological polar surface area (TPSA) is 56.8 Å². The van der Waals surface area contributed by atoms with Crippen molar-refractivity contribution >= 4 is 5.91 Å². The van der Waals surface area contributed by atoms with Gasteiger partial charge in [-0.1, -0.05) is 18.2 Å².